The molecule has 0 spiro atoms. The van der Waals surface area contributed by atoms with Crippen LogP contribution in [-0.2, 0) is 28.5 Å². The molecule has 1 unspecified atom stereocenters. The monoisotopic (exact) mass is 756 g/mol. The number of carbonyl (C=O) groups is 3. The maximum absolute atomic E-state index is 12.8. The van der Waals surface area contributed by atoms with Crippen molar-refractivity contribution >= 4 is 74.3 Å². The van der Waals surface area contributed by atoms with Crippen LogP contribution in [0, 0.1) is 0 Å². The number of likely N-dealkylation sites (N-methyl/N-ethyl adjacent to an activating group) is 1. The highest BCUT2D eigenvalue weighted by atomic mass is 35.5. The Labute approximate surface area is 315 Å². The van der Waals surface area contributed by atoms with Crippen LogP contribution in [0.1, 0.15) is 37.3 Å². The van der Waals surface area contributed by atoms with Gasteiger partial charge in [-0.05, 0) is 61.7 Å². The lowest BCUT2D eigenvalue weighted by molar-refractivity contribution is -0.134. The predicted octanol–water partition coefficient (Wildman–Crippen LogP) is 2.72. The molecule has 0 aliphatic carbocycles. The highest BCUT2D eigenvalue weighted by molar-refractivity contribution is 6.33. The van der Waals surface area contributed by atoms with Crippen molar-refractivity contribution in [1.29, 1.82) is 0 Å². The van der Waals surface area contributed by atoms with Crippen molar-refractivity contribution in [2.45, 2.75) is 37.6 Å². The highest BCUT2D eigenvalue weighted by Gasteiger charge is 2.32. The normalized spacial score (nSPS) is 16.5. The largest absolute Gasteiger partial charge is 0.478 e. The maximum atomic E-state index is 12.8. The number of imide groups is 1. The molecule has 2 fully saturated rings. The molecule has 0 radical (unpaired) electrons. The molecule has 4 N–H and O–H groups in total. The standard InChI is InChI=1S/C37H41ClN10O6/c1-39-32(51)20-54-30-17-21-16-22(4-8-28(21)45(2)36(30)53)41-34-27(38)19-40-37(43-34)47-12-10-23(11-13-47)48(14-15-49)24-5-6-25-29(18-24)46(3)44-33(25)26-7-9-31(50)42-35(26)52/h4-6,8,16-19,23,26,49H,7,9-15,20H2,1-3H3,(H,39,51)(H,40,41,43)(H,42,50,52). The number of halogens is 1. The minimum Gasteiger partial charge on any atom is -0.478 e. The molecule has 5 aromatic rings. The number of amides is 3. The van der Waals surface area contributed by atoms with Crippen molar-refractivity contribution in [2.75, 3.05) is 55.0 Å². The van der Waals surface area contributed by atoms with E-state index >= 15 is 0 Å². The number of aryl methyl sites for hydroxylation is 2. The van der Waals surface area contributed by atoms with E-state index in [4.69, 9.17) is 21.3 Å². The lowest BCUT2D eigenvalue weighted by Crippen LogP contribution is -2.46. The summed E-state index contributed by atoms with van der Waals surface area (Å²) in [6, 6.07) is 13.3. The molecule has 2 aliphatic heterocycles. The van der Waals surface area contributed by atoms with Crippen LogP contribution >= 0.6 is 11.6 Å². The fourth-order valence-corrected chi connectivity index (χ4v) is 7.39. The van der Waals surface area contributed by atoms with Gasteiger partial charge in [0.05, 0.1) is 35.4 Å². The van der Waals surface area contributed by atoms with Crippen LogP contribution in [0.3, 0.4) is 0 Å². The van der Waals surface area contributed by atoms with Gasteiger partial charge >= 0.3 is 0 Å². The van der Waals surface area contributed by atoms with E-state index in [1.54, 1.807) is 24.0 Å². The van der Waals surface area contributed by atoms with Crippen LogP contribution in [-0.4, -0.2) is 93.1 Å². The molecular formula is C37H41ClN10O6. The quantitative estimate of drug-likeness (QED) is 0.145. The van der Waals surface area contributed by atoms with Gasteiger partial charge in [-0.3, -0.25) is 29.2 Å². The number of pyridine rings is 1. The Morgan fingerprint density at radius 1 is 1.07 bits per heavy atom. The van der Waals surface area contributed by atoms with Gasteiger partial charge in [0, 0.05) is 75.4 Å². The number of nitrogens with zero attached hydrogens (tertiary/aromatic N) is 7. The number of aromatic nitrogens is 5. The van der Waals surface area contributed by atoms with Crippen LogP contribution in [0.5, 0.6) is 5.75 Å². The molecule has 2 aliphatic rings. The van der Waals surface area contributed by atoms with E-state index in [2.05, 4.69) is 35.8 Å². The van der Waals surface area contributed by atoms with E-state index in [1.165, 1.54) is 11.6 Å². The maximum Gasteiger partial charge on any atom is 0.293 e. The summed E-state index contributed by atoms with van der Waals surface area (Å²) in [4.78, 5) is 62.5. The van der Waals surface area contributed by atoms with Crippen LogP contribution in [0.15, 0.2) is 53.5 Å². The van der Waals surface area contributed by atoms with Crippen molar-refractivity contribution in [3.8, 4) is 5.75 Å². The van der Waals surface area contributed by atoms with Crippen LogP contribution < -0.4 is 36.0 Å². The summed E-state index contributed by atoms with van der Waals surface area (Å²) < 4.78 is 8.73. The number of aliphatic hydroxyl groups excluding tert-OH is 1. The van der Waals surface area contributed by atoms with Crippen molar-refractivity contribution in [2.24, 2.45) is 14.1 Å². The second kappa shape index (κ2) is 15.3. The van der Waals surface area contributed by atoms with E-state index in [0.717, 1.165) is 29.4 Å². The summed E-state index contributed by atoms with van der Waals surface area (Å²) in [6.45, 7) is 1.49. The number of benzene rings is 2. The molecular weight excluding hydrogens is 716 g/mol. The number of ether oxygens (including phenoxy) is 1. The van der Waals surface area contributed by atoms with Gasteiger partial charge in [0.15, 0.2) is 18.2 Å². The molecule has 54 heavy (non-hydrogen) atoms. The minimum atomic E-state index is -0.486. The van der Waals surface area contributed by atoms with E-state index in [0.29, 0.717) is 65.1 Å². The second-order valence-corrected chi connectivity index (χ2v) is 13.9. The number of piperidine rings is 2. The lowest BCUT2D eigenvalue weighted by atomic mass is 9.92. The fourth-order valence-electron chi connectivity index (χ4n) is 7.26. The molecule has 5 heterocycles. The first-order valence-corrected chi connectivity index (χ1v) is 18.1. The smallest absolute Gasteiger partial charge is 0.293 e. The van der Waals surface area contributed by atoms with Gasteiger partial charge in [-0.2, -0.15) is 10.1 Å². The second-order valence-electron chi connectivity index (χ2n) is 13.4. The molecule has 282 valence electrons. The Kier molecular flexibility index (Phi) is 10.4. The first-order valence-electron chi connectivity index (χ1n) is 17.7. The predicted molar refractivity (Wildman–Crippen MR) is 205 cm³/mol. The van der Waals surface area contributed by atoms with E-state index < -0.39 is 5.92 Å². The van der Waals surface area contributed by atoms with Crippen molar-refractivity contribution in [3.63, 3.8) is 0 Å². The molecule has 7 rings (SSSR count). The van der Waals surface area contributed by atoms with E-state index in [9.17, 15) is 24.3 Å². The number of carbonyl (C=O) groups excluding carboxylic acids is 3. The summed E-state index contributed by atoms with van der Waals surface area (Å²) in [6.07, 6.45) is 3.84. The third kappa shape index (κ3) is 7.26. The van der Waals surface area contributed by atoms with Gasteiger partial charge in [-0.1, -0.05) is 11.6 Å². The summed E-state index contributed by atoms with van der Waals surface area (Å²) in [5.74, 6) is -0.401. The SMILES string of the molecule is CNC(=O)COc1cc2cc(Nc3nc(N4CCC(N(CCO)c5ccc6c(C7CCC(=O)NC7=O)nn(C)c6c5)CC4)ncc3Cl)ccc2n(C)c1=O. The average Bonchev–Trinajstić information content (AvgIpc) is 3.50. The fraction of sp³-hybridized carbons (Fsp3) is 0.378. The van der Waals surface area contributed by atoms with Crippen molar-refractivity contribution < 1.29 is 24.2 Å². The zero-order valence-electron chi connectivity index (χ0n) is 30.1. The zero-order valence-corrected chi connectivity index (χ0v) is 30.9. The molecule has 3 aromatic heterocycles. The first kappa shape index (κ1) is 36.6. The number of hydrogen-bond acceptors (Lipinski definition) is 12. The third-order valence-corrected chi connectivity index (χ3v) is 10.4. The van der Waals surface area contributed by atoms with Crippen LogP contribution in [0.4, 0.5) is 23.1 Å². The lowest BCUT2D eigenvalue weighted by Gasteiger charge is -2.39. The molecule has 2 aromatic carbocycles. The van der Waals surface area contributed by atoms with Gasteiger partial charge in [0.2, 0.25) is 17.8 Å². The first-order chi connectivity index (χ1) is 26.0. The van der Waals surface area contributed by atoms with E-state index in [-0.39, 0.29) is 54.7 Å². The molecule has 2 saturated heterocycles. The van der Waals surface area contributed by atoms with Gasteiger partial charge < -0.3 is 34.8 Å². The number of aliphatic hydroxyl groups is 1. The Morgan fingerprint density at radius 3 is 2.61 bits per heavy atom. The highest BCUT2D eigenvalue weighted by Crippen LogP contribution is 2.34. The molecule has 0 saturated carbocycles. The summed E-state index contributed by atoms with van der Waals surface area (Å²) in [5.41, 5.74) is 3.48. The molecule has 16 nitrogen and oxygen atoms in total. The Hall–Kier alpha value is -5.74. The van der Waals surface area contributed by atoms with Gasteiger partial charge in [-0.15, -0.1) is 0 Å². The Balaban J connectivity index is 1.05. The molecule has 17 heteroatoms. The van der Waals surface area contributed by atoms with E-state index in [1.807, 2.05) is 43.4 Å². The number of hydrogen-bond donors (Lipinski definition) is 4. The van der Waals surface area contributed by atoms with Gasteiger partial charge in [0.25, 0.3) is 11.5 Å². The summed E-state index contributed by atoms with van der Waals surface area (Å²) in [5, 5.41) is 24.9. The van der Waals surface area contributed by atoms with Crippen molar-refractivity contribution in [1.82, 2.24) is 34.9 Å². The number of rotatable bonds is 11. The molecule has 0 bridgehead atoms. The molecule has 1 atom stereocenters. The third-order valence-electron chi connectivity index (χ3n) is 10.1. The van der Waals surface area contributed by atoms with Gasteiger partial charge in [0.1, 0.15) is 5.02 Å². The van der Waals surface area contributed by atoms with Gasteiger partial charge in [-0.25, -0.2) is 4.98 Å². The molecule has 3 amide bonds. The van der Waals surface area contributed by atoms with Crippen LogP contribution in [0.2, 0.25) is 5.02 Å². The number of nitrogens with one attached hydrogen (secondary N) is 3. The number of fused-ring (bicyclic) bond motifs is 2. The Morgan fingerprint density at radius 2 is 1.87 bits per heavy atom. The zero-order chi connectivity index (χ0) is 38.1. The Bertz CT molecular complexity index is 2320. The summed E-state index contributed by atoms with van der Waals surface area (Å²) >= 11 is 6.56. The minimum absolute atomic E-state index is 0.0179. The van der Waals surface area contributed by atoms with Crippen molar-refractivity contribution in [3.05, 3.63) is 69.7 Å². The topological polar surface area (TPSA) is 189 Å². The summed E-state index contributed by atoms with van der Waals surface area (Å²) in [7, 11) is 4.98. The number of anilines is 4. The van der Waals surface area contributed by atoms with Crippen LogP contribution in [0.25, 0.3) is 21.8 Å². The average molecular weight is 757 g/mol.